The summed E-state index contributed by atoms with van der Waals surface area (Å²) in [6, 6.07) is 3.83. The van der Waals surface area contributed by atoms with Gasteiger partial charge < -0.3 is 19.4 Å². The fourth-order valence-corrected chi connectivity index (χ4v) is 4.54. The molecular weight excluding hydrogens is 418 g/mol. The number of ether oxygens (including phenoxy) is 1. The van der Waals surface area contributed by atoms with Gasteiger partial charge in [0.25, 0.3) is 5.91 Å². The molecule has 2 aromatic heterocycles. The van der Waals surface area contributed by atoms with E-state index in [-0.39, 0.29) is 5.91 Å². The first-order chi connectivity index (χ1) is 12.7. The van der Waals surface area contributed by atoms with E-state index in [4.69, 9.17) is 9.72 Å². The highest BCUT2D eigenvalue weighted by Crippen LogP contribution is 2.23. The van der Waals surface area contributed by atoms with Crippen LogP contribution in [0.15, 0.2) is 28.2 Å². The Morgan fingerprint density at radius 1 is 1.12 bits per heavy atom. The second-order valence-corrected chi connectivity index (χ2v) is 8.05. The summed E-state index contributed by atoms with van der Waals surface area (Å²) in [5.74, 6) is 1.79. The molecule has 26 heavy (non-hydrogen) atoms. The van der Waals surface area contributed by atoms with Gasteiger partial charge in [-0.1, -0.05) is 0 Å². The number of hydrogen-bond donors (Lipinski definition) is 0. The van der Waals surface area contributed by atoms with Gasteiger partial charge in [-0.3, -0.25) is 4.79 Å². The standard InChI is InChI=1S/C17H20BrN5O2S/c18-13-11-14(26-12-13)16(24)22-5-3-21(4-6-22)15-1-2-19-17(20-15)23-7-9-25-10-8-23/h1-2,11-12H,3-10H2. The minimum absolute atomic E-state index is 0.108. The van der Waals surface area contributed by atoms with Crippen molar-refractivity contribution in [2.45, 2.75) is 0 Å². The van der Waals surface area contributed by atoms with Gasteiger partial charge in [-0.05, 0) is 28.1 Å². The molecular formula is C17H20BrN5O2S. The molecule has 2 aliphatic rings. The maximum absolute atomic E-state index is 12.6. The number of thiophene rings is 1. The normalized spacial score (nSPS) is 18.3. The van der Waals surface area contributed by atoms with Crippen LogP contribution in [-0.4, -0.2) is 73.3 Å². The summed E-state index contributed by atoms with van der Waals surface area (Å²) in [7, 11) is 0. The molecule has 2 aliphatic heterocycles. The van der Waals surface area contributed by atoms with Gasteiger partial charge in [-0.15, -0.1) is 11.3 Å². The third-order valence-corrected chi connectivity index (χ3v) is 6.27. The van der Waals surface area contributed by atoms with Gasteiger partial charge in [0, 0.05) is 55.3 Å². The average Bonchev–Trinajstić information content (AvgIpc) is 3.15. The summed E-state index contributed by atoms with van der Waals surface area (Å²) in [4.78, 5) is 28.8. The van der Waals surface area contributed by atoms with Gasteiger partial charge >= 0.3 is 0 Å². The van der Waals surface area contributed by atoms with Crippen molar-refractivity contribution in [2.75, 3.05) is 62.3 Å². The summed E-state index contributed by atoms with van der Waals surface area (Å²) in [5, 5.41) is 1.94. The van der Waals surface area contributed by atoms with Crippen molar-refractivity contribution in [3.05, 3.63) is 33.1 Å². The fraction of sp³-hybridized carbons (Fsp3) is 0.471. The van der Waals surface area contributed by atoms with Crippen LogP contribution < -0.4 is 9.80 Å². The summed E-state index contributed by atoms with van der Waals surface area (Å²) in [6.07, 6.45) is 1.81. The highest BCUT2D eigenvalue weighted by Gasteiger charge is 2.24. The molecule has 0 atom stereocenters. The predicted molar refractivity (Wildman–Crippen MR) is 105 cm³/mol. The molecule has 0 aromatic carbocycles. The number of carbonyl (C=O) groups excluding carboxylic acids is 1. The van der Waals surface area contributed by atoms with E-state index in [0.29, 0.717) is 26.3 Å². The Labute approximate surface area is 164 Å². The maximum atomic E-state index is 12.6. The molecule has 2 saturated heterocycles. The number of morpholine rings is 1. The second kappa shape index (κ2) is 7.89. The zero-order valence-electron chi connectivity index (χ0n) is 14.3. The lowest BCUT2D eigenvalue weighted by Crippen LogP contribution is -2.49. The third-order valence-electron chi connectivity index (χ3n) is 4.59. The van der Waals surface area contributed by atoms with Gasteiger partial charge in [-0.25, -0.2) is 4.98 Å². The molecule has 2 fully saturated rings. The molecule has 0 unspecified atom stereocenters. The van der Waals surface area contributed by atoms with E-state index in [2.05, 4.69) is 30.7 Å². The fourth-order valence-electron chi connectivity index (χ4n) is 3.15. The minimum Gasteiger partial charge on any atom is -0.378 e. The number of anilines is 2. The van der Waals surface area contributed by atoms with Crippen molar-refractivity contribution in [1.82, 2.24) is 14.9 Å². The largest absolute Gasteiger partial charge is 0.378 e. The van der Waals surface area contributed by atoms with Crippen LogP contribution in [0.4, 0.5) is 11.8 Å². The topological polar surface area (TPSA) is 61.8 Å². The van der Waals surface area contributed by atoms with Crippen LogP contribution in [0.25, 0.3) is 0 Å². The molecule has 0 N–H and O–H groups in total. The van der Waals surface area contributed by atoms with Gasteiger partial charge in [-0.2, -0.15) is 4.98 Å². The zero-order chi connectivity index (χ0) is 17.9. The Hall–Kier alpha value is -1.71. The molecule has 7 nitrogen and oxygen atoms in total. The summed E-state index contributed by atoms with van der Waals surface area (Å²) in [5.41, 5.74) is 0. The van der Waals surface area contributed by atoms with Crippen molar-refractivity contribution in [1.29, 1.82) is 0 Å². The molecule has 0 spiro atoms. The molecule has 0 bridgehead atoms. The van der Waals surface area contributed by atoms with Crippen molar-refractivity contribution in [2.24, 2.45) is 0 Å². The first-order valence-corrected chi connectivity index (χ1v) is 10.3. The quantitative estimate of drug-likeness (QED) is 0.732. The molecule has 0 saturated carbocycles. The highest BCUT2D eigenvalue weighted by molar-refractivity contribution is 9.10. The van der Waals surface area contributed by atoms with Crippen molar-refractivity contribution in [3.8, 4) is 0 Å². The number of aromatic nitrogens is 2. The smallest absolute Gasteiger partial charge is 0.264 e. The molecule has 4 heterocycles. The van der Waals surface area contributed by atoms with E-state index in [1.807, 2.05) is 28.6 Å². The van der Waals surface area contributed by atoms with Crippen LogP contribution >= 0.6 is 27.3 Å². The third kappa shape index (κ3) is 3.84. The van der Waals surface area contributed by atoms with E-state index >= 15 is 0 Å². The molecule has 1 amide bonds. The average molecular weight is 438 g/mol. The maximum Gasteiger partial charge on any atom is 0.264 e. The van der Waals surface area contributed by atoms with Gasteiger partial charge in [0.2, 0.25) is 5.95 Å². The number of hydrogen-bond acceptors (Lipinski definition) is 7. The Kier molecular flexibility index (Phi) is 5.37. The lowest BCUT2D eigenvalue weighted by Gasteiger charge is -2.35. The number of piperazine rings is 1. The summed E-state index contributed by atoms with van der Waals surface area (Å²) in [6.45, 7) is 6.02. The highest BCUT2D eigenvalue weighted by atomic mass is 79.9. The van der Waals surface area contributed by atoms with E-state index in [1.54, 1.807) is 0 Å². The van der Waals surface area contributed by atoms with Gasteiger partial charge in [0.05, 0.1) is 18.1 Å². The summed E-state index contributed by atoms with van der Waals surface area (Å²) >= 11 is 4.89. The molecule has 0 radical (unpaired) electrons. The van der Waals surface area contributed by atoms with Crippen LogP contribution in [0.3, 0.4) is 0 Å². The zero-order valence-corrected chi connectivity index (χ0v) is 16.7. The lowest BCUT2D eigenvalue weighted by atomic mass is 10.3. The van der Waals surface area contributed by atoms with Crippen LogP contribution in [-0.2, 0) is 4.74 Å². The van der Waals surface area contributed by atoms with E-state index < -0.39 is 0 Å². The van der Waals surface area contributed by atoms with E-state index in [9.17, 15) is 4.79 Å². The molecule has 2 aromatic rings. The minimum atomic E-state index is 0.108. The molecule has 4 rings (SSSR count). The predicted octanol–water partition coefficient (Wildman–Crippen LogP) is 2.10. The Morgan fingerprint density at radius 2 is 1.88 bits per heavy atom. The van der Waals surface area contributed by atoms with Crippen LogP contribution in [0, 0.1) is 0 Å². The number of carbonyl (C=O) groups is 1. The van der Waals surface area contributed by atoms with Crippen LogP contribution in [0.1, 0.15) is 9.67 Å². The van der Waals surface area contributed by atoms with E-state index in [0.717, 1.165) is 47.3 Å². The first-order valence-electron chi connectivity index (χ1n) is 8.65. The first kappa shape index (κ1) is 17.7. The van der Waals surface area contributed by atoms with Gasteiger partial charge in [0.1, 0.15) is 5.82 Å². The van der Waals surface area contributed by atoms with Crippen LogP contribution in [0.5, 0.6) is 0 Å². The second-order valence-electron chi connectivity index (χ2n) is 6.22. The van der Waals surface area contributed by atoms with Crippen molar-refractivity contribution < 1.29 is 9.53 Å². The Bertz CT molecular complexity index is 772. The number of nitrogens with zero attached hydrogens (tertiary/aromatic N) is 5. The number of halogens is 1. The van der Waals surface area contributed by atoms with E-state index in [1.165, 1.54) is 11.3 Å². The monoisotopic (exact) mass is 437 g/mol. The molecule has 138 valence electrons. The Morgan fingerprint density at radius 3 is 2.58 bits per heavy atom. The van der Waals surface area contributed by atoms with Crippen molar-refractivity contribution in [3.63, 3.8) is 0 Å². The number of amides is 1. The summed E-state index contributed by atoms with van der Waals surface area (Å²) < 4.78 is 6.35. The van der Waals surface area contributed by atoms with Crippen LogP contribution in [0.2, 0.25) is 0 Å². The lowest BCUT2D eigenvalue weighted by molar-refractivity contribution is 0.0751. The molecule has 9 heteroatoms. The number of rotatable bonds is 3. The van der Waals surface area contributed by atoms with Gasteiger partial charge in [0.15, 0.2) is 0 Å². The molecule has 0 aliphatic carbocycles. The SMILES string of the molecule is O=C(c1cc(Br)cs1)N1CCN(c2ccnc(N3CCOCC3)n2)CC1. The van der Waals surface area contributed by atoms with Crippen molar-refractivity contribution >= 4 is 44.9 Å². The Balaban J connectivity index is 1.39.